The van der Waals surface area contributed by atoms with E-state index in [1.807, 2.05) is 13.8 Å². The van der Waals surface area contributed by atoms with Crippen LogP contribution >= 0.6 is 0 Å². The van der Waals surface area contributed by atoms with Crippen molar-refractivity contribution in [3.8, 4) is 0 Å². The zero-order valence-corrected chi connectivity index (χ0v) is 8.53. The van der Waals surface area contributed by atoms with Crippen LogP contribution < -0.4 is 11.1 Å². The number of hydrogen-bond donors (Lipinski definition) is 3. The Bertz CT molecular complexity index is 246. The molecule has 1 aliphatic carbocycles. The van der Waals surface area contributed by atoms with Gasteiger partial charge in [-0.05, 0) is 18.8 Å². The third-order valence-corrected chi connectivity index (χ3v) is 2.31. The molecule has 0 bridgehead atoms. The molecule has 0 aromatic rings. The van der Waals surface area contributed by atoms with Crippen molar-refractivity contribution in [3.63, 3.8) is 0 Å². The third kappa shape index (κ3) is 2.61. The van der Waals surface area contributed by atoms with Crippen molar-refractivity contribution in [1.82, 2.24) is 5.32 Å². The molecule has 1 rings (SSSR count). The summed E-state index contributed by atoms with van der Waals surface area (Å²) in [5.41, 5.74) is 5.45. The number of amidine groups is 1. The molecule has 4 N–H and O–H groups in total. The first-order chi connectivity index (χ1) is 6.56. The molecule has 1 amide bonds. The largest absolute Gasteiger partial charge is 0.409 e. The van der Waals surface area contributed by atoms with E-state index in [4.69, 9.17) is 10.9 Å². The summed E-state index contributed by atoms with van der Waals surface area (Å²) in [6.07, 6.45) is 2.07. The Morgan fingerprint density at radius 2 is 2.14 bits per heavy atom. The van der Waals surface area contributed by atoms with Crippen molar-refractivity contribution >= 4 is 11.7 Å². The normalized spacial score (nSPS) is 19.5. The summed E-state index contributed by atoms with van der Waals surface area (Å²) in [4.78, 5) is 11.7. The summed E-state index contributed by atoms with van der Waals surface area (Å²) in [6, 6.07) is 0.301. The fraction of sp³-hybridized carbons (Fsp3) is 0.778. The van der Waals surface area contributed by atoms with Crippen LogP contribution in [0.4, 0.5) is 0 Å². The Labute approximate surface area is 83.3 Å². The van der Waals surface area contributed by atoms with Gasteiger partial charge in [-0.25, -0.2) is 0 Å². The van der Waals surface area contributed by atoms with Crippen LogP contribution in [-0.4, -0.2) is 23.0 Å². The van der Waals surface area contributed by atoms with Crippen LogP contribution in [0.15, 0.2) is 5.16 Å². The van der Waals surface area contributed by atoms with E-state index in [9.17, 15) is 4.79 Å². The number of hydrogen-bond acceptors (Lipinski definition) is 3. The minimum atomic E-state index is -0.527. The van der Waals surface area contributed by atoms with E-state index in [1.54, 1.807) is 0 Å². The predicted octanol–water partition coefficient (Wildman–Crippen LogP) is 0.284. The van der Waals surface area contributed by atoms with E-state index in [1.165, 1.54) is 0 Å². The monoisotopic (exact) mass is 199 g/mol. The molecule has 0 heterocycles. The van der Waals surface area contributed by atoms with Crippen LogP contribution in [0.3, 0.4) is 0 Å². The summed E-state index contributed by atoms with van der Waals surface area (Å²) < 4.78 is 0. The van der Waals surface area contributed by atoms with Crippen LogP contribution in [0.1, 0.15) is 26.7 Å². The van der Waals surface area contributed by atoms with Gasteiger partial charge in [-0.3, -0.25) is 4.79 Å². The minimum absolute atomic E-state index is 0.0156. The van der Waals surface area contributed by atoms with Gasteiger partial charge in [0.05, 0.1) is 0 Å². The molecule has 1 aliphatic rings. The Kier molecular flexibility index (Phi) is 3.33. The quantitative estimate of drug-likeness (QED) is 0.263. The molecule has 0 radical (unpaired) electrons. The number of amides is 1. The fourth-order valence-electron chi connectivity index (χ4n) is 1.36. The Hall–Kier alpha value is -1.26. The second-order valence-electron chi connectivity index (χ2n) is 4.03. The van der Waals surface area contributed by atoms with Gasteiger partial charge in [0.15, 0.2) is 5.84 Å². The maximum atomic E-state index is 11.7. The zero-order chi connectivity index (χ0) is 10.7. The van der Waals surface area contributed by atoms with Gasteiger partial charge in [0.1, 0.15) is 5.92 Å². The number of nitrogens with two attached hydrogens (primary N) is 1. The Morgan fingerprint density at radius 1 is 1.57 bits per heavy atom. The van der Waals surface area contributed by atoms with E-state index >= 15 is 0 Å². The zero-order valence-electron chi connectivity index (χ0n) is 8.53. The summed E-state index contributed by atoms with van der Waals surface area (Å²) in [5, 5.41) is 14.3. The molecule has 80 valence electrons. The highest BCUT2D eigenvalue weighted by atomic mass is 16.4. The van der Waals surface area contributed by atoms with Crippen molar-refractivity contribution in [2.45, 2.75) is 32.7 Å². The van der Waals surface area contributed by atoms with Crippen LogP contribution in [0, 0.1) is 11.8 Å². The van der Waals surface area contributed by atoms with Gasteiger partial charge >= 0.3 is 0 Å². The number of carbonyl (C=O) groups excluding carboxylic acids is 1. The number of oxime groups is 1. The number of nitrogens with one attached hydrogen (secondary N) is 1. The highest BCUT2D eigenvalue weighted by Gasteiger charge is 2.31. The topological polar surface area (TPSA) is 87.7 Å². The van der Waals surface area contributed by atoms with Crippen LogP contribution in [0.2, 0.25) is 0 Å². The van der Waals surface area contributed by atoms with Crippen molar-refractivity contribution in [3.05, 3.63) is 0 Å². The second kappa shape index (κ2) is 4.30. The number of carbonyl (C=O) groups is 1. The van der Waals surface area contributed by atoms with Crippen molar-refractivity contribution in [2.24, 2.45) is 22.7 Å². The van der Waals surface area contributed by atoms with Gasteiger partial charge in [-0.1, -0.05) is 19.0 Å². The molecule has 0 saturated heterocycles. The first kappa shape index (κ1) is 10.8. The van der Waals surface area contributed by atoms with E-state index < -0.39 is 5.92 Å². The fourth-order valence-corrected chi connectivity index (χ4v) is 1.36. The van der Waals surface area contributed by atoms with Crippen LogP contribution in [0.5, 0.6) is 0 Å². The average Bonchev–Trinajstić information content (AvgIpc) is 2.87. The number of rotatable bonds is 4. The van der Waals surface area contributed by atoms with Crippen molar-refractivity contribution in [1.29, 1.82) is 0 Å². The molecular formula is C9H17N3O2. The summed E-state index contributed by atoms with van der Waals surface area (Å²) in [5.74, 6) is -0.652. The Morgan fingerprint density at radius 3 is 2.50 bits per heavy atom. The molecule has 14 heavy (non-hydrogen) atoms. The Balaban J connectivity index is 2.60. The molecule has 1 unspecified atom stereocenters. The molecular weight excluding hydrogens is 182 g/mol. The van der Waals surface area contributed by atoms with E-state index in [2.05, 4.69) is 10.5 Å². The van der Waals surface area contributed by atoms with Crippen molar-refractivity contribution < 1.29 is 10.0 Å². The molecule has 5 heteroatoms. The van der Waals surface area contributed by atoms with E-state index in [0.29, 0.717) is 6.04 Å². The lowest BCUT2D eigenvalue weighted by Crippen LogP contribution is -2.42. The molecule has 0 aliphatic heterocycles. The molecule has 5 nitrogen and oxygen atoms in total. The molecule has 0 aromatic carbocycles. The highest BCUT2D eigenvalue weighted by Crippen LogP contribution is 2.20. The van der Waals surface area contributed by atoms with Gasteiger partial charge in [0.25, 0.3) is 0 Å². The highest BCUT2D eigenvalue weighted by molar-refractivity contribution is 6.02. The standard InChI is InChI=1S/C9H17N3O2/c1-5(2)7(8(10)12-14)9(13)11-6-3-4-6/h5-7,14H,3-4H2,1-2H3,(H2,10,12)(H,11,13). The maximum absolute atomic E-state index is 11.7. The van der Waals surface area contributed by atoms with E-state index in [-0.39, 0.29) is 17.7 Å². The first-order valence-corrected chi connectivity index (χ1v) is 4.84. The minimum Gasteiger partial charge on any atom is -0.409 e. The predicted molar refractivity (Wildman–Crippen MR) is 52.9 cm³/mol. The first-order valence-electron chi connectivity index (χ1n) is 4.84. The van der Waals surface area contributed by atoms with Gasteiger partial charge < -0.3 is 16.3 Å². The molecule has 0 spiro atoms. The lowest BCUT2D eigenvalue weighted by molar-refractivity contribution is -0.124. The van der Waals surface area contributed by atoms with Crippen LogP contribution in [0.25, 0.3) is 0 Å². The number of nitrogens with zero attached hydrogens (tertiary/aromatic N) is 1. The molecule has 0 aromatic heterocycles. The lowest BCUT2D eigenvalue weighted by atomic mass is 9.94. The van der Waals surface area contributed by atoms with Crippen molar-refractivity contribution in [2.75, 3.05) is 0 Å². The summed E-state index contributed by atoms with van der Waals surface area (Å²) >= 11 is 0. The molecule has 1 atom stereocenters. The summed E-state index contributed by atoms with van der Waals surface area (Å²) in [7, 11) is 0. The SMILES string of the molecule is CC(C)C(C(=O)NC1CC1)C(N)=NO. The smallest absolute Gasteiger partial charge is 0.231 e. The second-order valence-corrected chi connectivity index (χ2v) is 4.03. The van der Waals surface area contributed by atoms with Gasteiger partial charge in [-0.15, -0.1) is 0 Å². The third-order valence-electron chi connectivity index (χ3n) is 2.31. The van der Waals surface area contributed by atoms with Crippen LogP contribution in [-0.2, 0) is 4.79 Å². The maximum Gasteiger partial charge on any atom is 0.231 e. The van der Waals surface area contributed by atoms with Gasteiger partial charge in [-0.2, -0.15) is 0 Å². The van der Waals surface area contributed by atoms with E-state index in [0.717, 1.165) is 12.8 Å². The van der Waals surface area contributed by atoms with Gasteiger partial charge in [0, 0.05) is 6.04 Å². The average molecular weight is 199 g/mol. The summed E-state index contributed by atoms with van der Waals surface area (Å²) in [6.45, 7) is 3.74. The van der Waals surface area contributed by atoms with Gasteiger partial charge in [0.2, 0.25) is 5.91 Å². The molecule has 1 fully saturated rings. The lowest BCUT2D eigenvalue weighted by Gasteiger charge is -2.18. The molecule has 1 saturated carbocycles.